The van der Waals surface area contributed by atoms with Crippen molar-refractivity contribution in [1.29, 1.82) is 0 Å². The topological polar surface area (TPSA) is 61.8 Å². The molecule has 0 amide bonds. The monoisotopic (exact) mass is 616 g/mol. The van der Waals surface area contributed by atoms with Crippen molar-refractivity contribution in [1.82, 2.24) is 0 Å². The van der Waals surface area contributed by atoms with Gasteiger partial charge >= 0.3 is 12.1 Å². The number of hydrogen-bond donors (Lipinski definition) is 0. The predicted octanol–water partition coefficient (Wildman–Crippen LogP) is 10.9. The van der Waals surface area contributed by atoms with Crippen molar-refractivity contribution in [3.05, 3.63) is 89.5 Å². The molecule has 3 rings (SSSR count). The Bertz CT molecular complexity index is 1300. The Balaban J connectivity index is 1.64. The molecule has 6 heteroatoms. The molecular weight excluding hydrogens is 568 g/mol. The van der Waals surface area contributed by atoms with Crippen LogP contribution in [0.2, 0.25) is 0 Å². The van der Waals surface area contributed by atoms with Crippen LogP contribution in [-0.2, 0) is 15.9 Å². The highest BCUT2D eigenvalue weighted by molar-refractivity contribution is 7.80. The van der Waals surface area contributed by atoms with Gasteiger partial charge < -0.3 is 14.2 Å². The van der Waals surface area contributed by atoms with Crippen molar-refractivity contribution < 1.29 is 23.8 Å². The highest BCUT2D eigenvalue weighted by atomic mass is 32.1. The average Bonchev–Trinajstić information content (AvgIpc) is 3.05. The molecule has 5 nitrogen and oxygen atoms in total. The maximum absolute atomic E-state index is 12.8. The first-order valence-electron chi connectivity index (χ1n) is 16.3. The van der Waals surface area contributed by atoms with Gasteiger partial charge in [0.2, 0.25) is 0 Å². The maximum atomic E-state index is 12.8. The first-order valence-corrected chi connectivity index (χ1v) is 16.7. The summed E-state index contributed by atoms with van der Waals surface area (Å²) in [5.41, 5.74) is 3.94. The Morgan fingerprint density at radius 1 is 0.750 bits per heavy atom. The normalized spacial score (nSPS) is 11.5. The molecule has 0 heterocycles. The van der Waals surface area contributed by atoms with Crippen molar-refractivity contribution in [2.75, 3.05) is 6.61 Å². The fourth-order valence-electron chi connectivity index (χ4n) is 4.87. The molecule has 0 aliphatic heterocycles. The van der Waals surface area contributed by atoms with E-state index >= 15 is 0 Å². The van der Waals surface area contributed by atoms with Gasteiger partial charge in [-0.25, -0.2) is 9.59 Å². The van der Waals surface area contributed by atoms with Crippen molar-refractivity contribution in [3.8, 4) is 16.9 Å². The molecule has 0 aromatic heterocycles. The Labute approximate surface area is 269 Å². The standard InChI is InChI=1S/C38H48O5S/c1-4-6-7-8-9-10-11-12-13-15-18-30-21-23-31(24-22-30)34-26-25-33(36(39)43-38(40)41-28-29(3)5-2)27-35(34)42-37(44)32-19-16-14-17-20-32/h14,16-17,19-27,29H,4-13,15,18,28H2,1-3H3/t29-/m0/s1. The third-order valence-corrected chi connectivity index (χ3v) is 8.19. The number of esters is 1. The molecular formula is C38H48O5S. The van der Waals surface area contributed by atoms with Crippen LogP contribution in [0, 0.1) is 5.92 Å². The average molecular weight is 617 g/mol. The van der Waals surface area contributed by atoms with E-state index in [0.29, 0.717) is 5.75 Å². The summed E-state index contributed by atoms with van der Waals surface area (Å²) < 4.78 is 16.2. The van der Waals surface area contributed by atoms with E-state index in [1.54, 1.807) is 18.2 Å². The van der Waals surface area contributed by atoms with E-state index < -0.39 is 12.1 Å². The molecule has 0 N–H and O–H groups in total. The zero-order chi connectivity index (χ0) is 31.6. The second-order valence-corrected chi connectivity index (χ2v) is 11.9. The van der Waals surface area contributed by atoms with Gasteiger partial charge in [0.15, 0.2) is 5.05 Å². The number of benzene rings is 3. The number of thiocarbonyl (C=S) groups is 1. The molecule has 236 valence electrons. The van der Waals surface area contributed by atoms with Crippen LogP contribution in [-0.4, -0.2) is 23.8 Å². The van der Waals surface area contributed by atoms with E-state index in [2.05, 4.69) is 31.2 Å². The highest BCUT2D eigenvalue weighted by Gasteiger charge is 2.19. The molecule has 0 aliphatic rings. The maximum Gasteiger partial charge on any atom is 0.516 e. The molecule has 0 aliphatic carbocycles. The number of hydrogen-bond acceptors (Lipinski definition) is 6. The van der Waals surface area contributed by atoms with Crippen molar-refractivity contribution in [2.24, 2.45) is 5.92 Å². The fourth-order valence-corrected chi connectivity index (χ4v) is 5.09. The van der Waals surface area contributed by atoms with E-state index in [0.717, 1.165) is 29.5 Å². The molecule has 0 saturated carbocycles. The van der Waals surface area contributed by atoms with E-state index in [4.69, 9.17) is 26.4 Å². The van der Waals surface area contributed by atoms with Crippen LogP contribution >= 0.6 is 12.2 Å². The fraction of sp³-hybridized carbons (Fsp3) is 0.447. The lowest BCUT2D eigenvalue weighted by atomic mass is 9.99. The molecule has 0 bridgehead atoms. The van der Waals surface area contributed by atoms with Crippen molar-refractivity contribution in [3.63, 3.8) is 0 Å². The second-order valence-electron chi connectivity index (χ2n) is 11.6. The minimum Gasteiger partial charge on any atom is -0.445 e. The molecule has 0 fully saturated rings. The summed E-state index contributed by atoms with van der Waals surface area (Å²) in [7, 11) is 0. The van der Waals surface area contributed by atoms with E-state index in [9.17, 15) is 9.59 Å². The molecule has 1 atom stereocenters. The number of unbranched alkanes of at least 4 members (excludes halogenated alkanes) is 9. The van der Waals surface area contributed by atoms with Gasteiger partial charge in [0.05, 0.1) is 12.2 Å². The smallest absolute Gasteiger partial charge is 0.445 e. The summed E-state index contributed by atoms with van der Waals surface area (Å²) >= 11 is 5.58. The SMILES string of the molecule is CCCCCCCCCCCCc1ccc(-c2ccc(C(=O)OC(=O)OC[C@@H](C)CC)cc2OC(=S)c2ccccc2)cc1. The lowest BCUT2D eigenvalue weighted by Gasteiger charge is -2.14. The van der Waals surface area contributed by atoms with Crippen molar-refractivity contribution in [2.45, 2.75) is 97.8 Å². The van der Waals surface area contributed by atoms with Crippen LogP contribution in [0.3, 0.4) is 0 Å². The Morgan fingerprint density at radius 3 is 2.02 bits per heavy atom. The molecule has 44 heavy (non-hydrogen) atoms. The van der Waals surface area contributed by atoms with Crippen LogP contribution in [0.25, 0.3) is 11.1 Å². The summed E-state index contributed by atoms with van der Waals surface area (Å²) in [4.78, 5) is 24.9. The lowest BCUT2D eigenvalue weighted by molar-refractivity contribution is 0.0341. The van der Waals surface area contributed by atoms with Gasteiger partial charge in [-0.1, -0.05) is 140 Å². The van der Waals surface area contributed by atoms with Gasteiger partial charge in [-0.3, -0.25) is 0 Å². The molecule has 3 aromatic carbocycles. The molecule has 0 saturated heterocycles. The Morgan fingerprint density at radius 2 is 1.39 bits per heavy atom. The molecule has 0 unspecified atom stereocenters. The quantitative estimate of drug-likeness (QED) is 0.0613. The van der Waals surface area contributed by atoms with Gasteiger partial charge in [0.25, 0.3) is 0 Å². The van der Waals surface area contributed by atoms with Gasteiger partial charge in [-0.15, -0.1) is 0 Å². The number of ether oxygens (including phenoxy) is 3. The Hall–Kier alpha value is -3.51. The largest absolute Gasteiger partial charge is 0.516 e. The summed E-state index contributed by atoms with van der Waals surface area (Å²) in [5, 5.41) is 0.280. The van der Waals surface area contributed by atoms with Gasteiger partial charge in [0.1, 0.15) is 5.75 Å². The highest BCUT2D eigenvalue weighted by Crippen LogP contribution is 2.33. The minimum atomic E-state index is -1.01. The third-order valence-electron chi connectivity index (χ3n) is 7.87. The summed E-state index contributed by atoms with van der Waals surface area (Å²) in [6.45, 7) is 6.41. The minimum absolute atomic E-state index is 0.165. The number of carbonyl (C=O) groups excluding carboxylic acids is 2. The van der Waals surface area contributed by atoms with E-state index in [-0.39, 0.29) is 23.1 Å². The second kappa shape index (κ2) is 19.7. The zero-order valence-corrected chi connectivity index (χ0v) is 27.5. The summed E-state index contributed by atoms with van der Waals surface area (Å²) in [6, 6.07) is 22.8. The third kappa shape index (κ3) is 12.2. The van der Waals surface area contributed by atoms with Crippen LogP contribution in [0.5, 0.6) is 5.75 Å². The van der Waals surface area contributed by atoms with Gasteiger partial charge in [-0.05, 0) is 60.3 Å². The van der Waals surface area contributed by atoms with Gasteiger partial charge in [0, 0.05) is 11.1 Å². The Kier molecular flexibility index (Phi) is 15.7. The van der Waals surface area contributed by atoms with Crippen LogP contribution in [0.15, 0.2) is 72.8 Å². The van der Waals surface area contributed by atoms with Crippen LogP contribution in [0.1, 0.15) is 113 Å². The summed E-state index contributed by atoms with van der Waals surface area (Å²) in [5.74, 6) is -0.228. The summed E-state index contributed by atoms with van der Waals surface area (Å²) in [6.07, 6.45) is 14.1. The molecule has 0 radical (unpaired) electrons. The van der Waals surface area contributed by atoms with Crippen LogP contribution in [0.4, 0.5) is 4.79 Å². The van der Waals surface area contributed by atoms with Crippen LogP contribution < -0.4 is 4.74 Å². The molecule has 3 aromatic rings. The van der Waals surface area contributed by atoms with E-state index in [1.165, 1.54) is 69.8 Å². The first kappa shape index (κ1) is 35.0. The van der Waals surface area contributed by atoms with E-state index in [1.807, 2.05) is 44.2 Å². The number of carbonyl (C=O) groups is 2. The zero-order valence-electron chi connectivity index (χ0n) is 26.6. The number of aryl methyl sites for hydroxylation is 1. The first-order chi connectivity index (χ1) is 21.4. The lowest BCUT2D eigenvalue weighted by Crippen LogP contribution is -2.17. The van der Waals surface area contributed by atoms with Crippen molar-refractivity contribution >= 4 is 29.4 Å². The molecule has 0 spiro atoms. The predicted molar refractivity (Wildman–Crippen MR) is 182 cm³/mol. The number of rotatable bonds is 18. The van der Waals surface area contributed by atoms with Gasteiger partial charge in [-0.2, -0.15) is 0 Å².